The normalized spacial score (nSPS) is 17.2. The number of aromatic nitrogens is 1. The van der Waals surface area contributed by atoms with Crippen LogP contribution in [0, 0.1) is 5.92 Å². The van der Waals surface area contributed by atoms with Gasteiger partial charge >= 0.3 is 0 Å². The molecule has 0 amide bonds. The topological polar surface area (TPSA) is 14.2 Å². The van der Waals surface area contributed by atoms with Crippen LogP contribution in [-0.2, 0) is 11.3 Å². The summed E-state index contributed by atoms with van der Waals surface area (Å²) in [6.45, 7) is 2.06. The molecule has 1 aromatic carbocycles. The van der Waals surface area contributed by atoms with E-state index in [1.165, 1.54) is 0 Å². The second kappa shape index (κ2) is 5.70. The zero-order chi connectivity index (χ0) is 14.1. The zero-order valence-electron chi connectivity index (χ0n) is 11.0. The van der Waals surface area contributed by atoms with E-state index in [4.69, 9.17) is 16.3 Å². The minimum Gasteiger partial charge on any atom is -0.381 e. The molecule has 0 spiro atoms. The number of halogens is 3. The van der Waals surface area contributed by atoms with Gasteiger partial charge in [0.1, 0.15) is 0 Å². The Kier molecular flexibility index (Phi) is 3.94. The molecule has 2 nitrogen and oxygen atoms in total. The van der Waals surface area contributed by atoms with Crippen molar-refractivity contribution in [3.8, 4) is 0 Å². The van der Waals surface area contributed by atoms with Gasteiger partial charge in [-0.3, -0.25) is 0 Å². The van der Waals surface area contributed by atoms with Crippen molar-refractivity contribution in [1.29, 1.82) is 0 Å². The summed E-state index contributed by atoms with van der Waals surface area (Å²) >= 11 is 5.94. The first-order valence-corrected chi connectivity index (χ1v) is 7.17. The molecule has 2 heterocycles. The van der Waals surface area contributed by atoms with Crippen LogP contribution in [0.1, 0.15) is 25.0 Å². The van der Waals surface area contributed by atoms with Gasteiger partial charge in [-0.05, 0) is 43.0 Å². The van der Waals surface area contributed by atoms with Gasteiger partial charge in [0.05, 0.1) is 5.69 Å². The van der Waals surface area contributed by atoms with Gasteiger partial charge in [0.15, 0.2) is 0 Å². The van der Waals surface area contributed by atoms with E-state index in [9.17, 15) is 8.78 Å². The summed E-state index contributed by atoms with van der Waals surface area (Å²) in [6.07, 6.45) is -0.618. The standard InChI is InChI=1S/C15H16ClF2NO/c16-12-1-2-13-11(7-12)8-14(15(17)18)19(13)9-10-3-5-20-6-4-10/h1-2,7-8,10,15H,3-6,9H2. The van der Waals surface area contributed by atoms with E-state index in [-0.39, 0.29) is 5.69 Å². The molecule has 20 heavy (non-hydrogen) atoms. The molecule has 0 aliphatic carbocycles. The van der Waals surface area contributed by atoms with E-state index in [0.29, 0.717) is 17.5 Å². The van der Waals surface area contributed by atoms with Crippen LogP contribution in [0.2, 0.25) is 5.02 Å². The van der Waals surface area contributed by atoms with Gasteiger partial charge in [-0.1, -0.05) is 11.6 Å². The van der Waals surface area contributed by atoms with Crippen molar-refractivity contribution in [2.75, 3.05) is 13.2 Å². The minimum absolute atomic E-state index is 0.0776. The van der Waals surface area contributed by atoms with Gasteiger partial charge in [-0.25, -0.2) is 8.78 Å². The summed E-state index contributed by atoms with van der Waals surface area (Å²) in [7, 11) is 0. The Balaban J connectivity index is 1.99. The van der Waals surface area contributed by atoms with E-state index in [1.54, 1.807) is 22.8 Å². The number of nitrogens with zero attached hydrogens (tertiary/aromatic N) is 1. The summed E-state index contributed by atoms with van der Waals surface area (Å²) in [4.78, 5) is 0. The van der Waals surface area contributed by atoms with Crippen LogP contribution in [0.25, 0.3) is 10.9 Å². The number of alkyl halides is 2. The van der Waals surface area contributed by atoms with Gasteiger partial charge in [-0.15, -0.1) is 0 Å². The fourth-order valence-corrected chi connectivity index (χ4v) is 3.02. The molecule has 0 atom stereocenters. The Bertz CT molecular complexity index is 605. The molecule has 0 saturated carbocycles. The fourth-order valence-electron chi connectivity index (χ4n) is 2.83. The first-order valence-electron chi connectivity index (χ1n) is 6.80. The fraction of sp³-hybridized carbons (Fsp3) is 0.467. The highest BCUT2D eigenvalue weighted by atomic mass is 35.5. The number of fused-ring (bicyclic) bond motifs is 1. The molecule has 0 unspecified atom stereocenters. The molecule has 1 aliphatic heterocycles. The maximum Gasteiger partial charge on any atom is 0.278 e. The second-order valence-corrected chi connectivity index (χ2v) is 5.68. The molecule has 5 heteroatoms. The highest BCUT2D eigenvalue weighted by molar-refractivity contribution is 6.31. The Morgan fingerprint density at radius 3 is 2.70 bits per heavy atom. The first-order chi connectivity index (χ1) is 9.65. The maximum atomic E-state index is 13.2. The third-order valence-corrected chi connectivity index (χ3v) is 4.14. The number of hydrogen-bond acceptors (Lipinski definition) is 1. The molecule has 0 bridgehead atoms. The lowest BCUT2D eigenvalue weighted by Gasteiger charge is -2.24. The van der Waals surface area contributed by atoms with Gasteiger partial charge in [0.25, 0.3) is 6.43 Å². The van der Waals surface area contributed by atoms with Crippen molar-refractivity contribution in [2.45, 2.75) is 25.8 Å². The lowest BCUT2D eigenvalue weighted by molar-refractivity contribution is 0.0599. The van der Waals surface area contributed by atoms with E-state index >= 15 is 0 Å². The van der Waals surface area contributed by atoms with E-state index < -0.39 is 6.43 Å². The molecule has 2 aromatic rings. The largest absolute Gasteiger partial charge is 0.381 e. The smallest absolute Gasteiger partial charge is 0.278 e. The second-order valence-electron chi connectivity index (χ2n) is 5.24. The average Bonchev–Trinajstić information content (AvgIpc) is 2.78. The maximum absolute atomic E-state index is 13.2. The Morgan fingerprint density at radius 1 is 1.25 bits per heavy atom. The quantitative estimate of drug-likeness (QED) is 0.804. The molecule has 0 N–H and O–H groups in total. The number of ether oxygens (including phenoxy) is 1. The van der Waals surface area contributed by atoms with Crippen LogP contribution in [-0.4, -0.2) is 17.8 Å². The Hall–Kier alpha value is -1.13. The molecule has 3 rings (SSSR count). The lowest BCUT2D eigenvalue weighted by Crippen LogP contribution is -2.21. The van der Waals surface area contributed by atoms with Crippen molar-refractivity contribution in [3.63, 3.8) is 0 Å². The summed E-state index contributed by atoms with van der Waals surface area (Å²) in [5, 5.41) is 1.35. The monoisotopic (exact) mass is 299 g/mol. The third-order valence-electron chi connectivity index (χ3n) is 3.90. The summed E-state index contributed by atoms with van der Waals surface area (Å²) in [6, 6.07) is 6.86. The highest BCUT2D eigenvalue weighted by Crippen LogP contribution is 2.31. The highest BCUT2D eigenvalue weighted by Gasteiger charge is 2.21. The van der Waals surface area contributed by atoms with Gasteiger partial charge in [0.2, 0.25) is 0 Å². The van der Waals surface area contributed by atoms with Crippen molar-refractivity contribution in [1.82, 2.24) is 4.57 Å². The molecular weight excluding hydrogens is 284 g/mol. The van der Waals surface area contributed by atoms with Crippen LogP contribution in [0.15, 0.2) is 24.3 Å². The minimum atomic E-state index is -2.47. The van der Waals surface area contributed by atoms with Crippen molar-refractivity contribution in [2.24, 2.45) is 5.92 Å². The summed E-state index contributed by atoms with van der Waals surface area (Å²) in [5.74, 6) is 0.396. The number of hydrogen-bond donors (Lipinski definition) is 0. The van der Waals surface area contributed by atoms with Crippen LogP contribution in [0.5, 0.6) is 0 Å². The molecule has 1 saturated heterocycles. The average molecular weight is 300 g/mol. The molecule has 108 valence electrons. The van der Waals surface area contributed by atoms with Gasteiger partial charge in [-0.2, -0.15) is 0 Å². The van der Waals surface area contributed by atoms with E-state index in [0.717, 1.165) is 37.0 Å². The molecule has 1 fully saturated rings. The summed E-state index contributed by atoms with van der Waals surface area (Å²) in [5.41, 5.74) is 0.907. The zero-order valence-corrected chi connectivity index (χ0v) is 11.7. The Labute approximate surface area is 121 Å². The van der Waals surface area contributed by atoms with Crippen LogP contribution < -0.4 is 0 Å². The molecular formula is C15H16ClF2NO. The number of benzene rings is 1. The summed E-state index contributed by atoms with van der Waals surface area (Å²) < 4.78 is 33.6. The predicted octanol–water partition coefficient (Wildman–Crippen LogP) is 4.66. The SMILES string of the molecule is FC(F)c1cc2cc(Cl)ccc2n1CC1CCOCC1. The van der Waals surface area contributed by atoms with Crippen molar-refractivity contribution < 1.29 is 13.5 Å². The van der Waals surface area contributed by atoms with Gasteiger partial charge < -0.3 is 9.30 Å². The Morgan fingerprint density at radius 2 is 2.00 bits per heavy atom. The van der Waals surface area contributed by atoms with Crippen molar-refractivity contribution >= 4 is 22.5 Å². The van der Waals surface area contributed by atoms with Gasteiger partial charge in [0, 0.05) is 35.7 Å². The predicted molar refractivity (Wildman–Crippen MR) is 75.4 cm³/mol. The molecule has 0 radical (unpaired) electrons. The first kappa shape index (κ1) is 13.8. The van der Waals surface area contributed by atoms with Crippen LogP contribution in [0.3, 0.4) is 0 Å². The van der Waals surface area contributed by atoms with Crippen molar-refractivity contribution in [3.05, 3.63) is 35.0 Å². The van der Waals surface area contributed by atoms with E-state index in [1.807, 2.05) is 6.07 Å². The third kappa shape index (κ3) is 2.67. The van der Waals surface area contributed by atoms with E-state index in [2.05, 4.69) is 0 Å². The lowest BCUT2D eigenvalue weighted by atomic mass is 10.0. The molecule has 1 aromatic heterocycles. The molecule has 1 aliphatic rings. The number of rotatable bonds is 3. The van der Waals surface area contributed by atoms with Crippen LogP contribution >= 0.6 is 11.6 Å². The van der Waals surface area contributed by atoms with Crippen LogP contribution in [0.4, 0.5) is 8.78 Å².